The fourth-order valence-corrected chi connectivity index (χ4v) is 4.27. The summed E-state index contributed by atoms with van der Waals surface area (Å²) in [6.07, 6.45) is 7.80. The fourth-order valence-electron chi connectivity index (χ4n) is 4.10. The Bertz CT molecular complexity index is 550. The van der Waals surface area contributed by atoms with Crippen LogP contribution in [-0.2, 0) is 4.74 Å². The molecule has 1 aliphatic carbocycles. The van der Waals surface area contributed by atoms with Crippen molar-refractivity contribution < 1.29 is 4.74 Å². The smallest absolute Gasteiger partial charge is 0.0579 e. The lowest BCUT2D eigenvalue weighted by atomic mass is 9.90. The molecule has 24 heavy (non-hydrogen) atoms. The molecule has 1 saturated heterocycles. The van der Waals surface area contributed by atoms with E-state index >= 15 is 0 Å². The molecule has 0 spiro atoms. The normalized spacial score (nSPS) is 26.5. The summed E-state index contributed by atoms with van der Waals surface area (Å²) >= 11 is 6.13. The molecule has 4 nitrogen and oxygen atoms in total. The van der Waals surface area contributed by atoms with Crippen molar-refractivity contribution in [1.29, 1.82) is 0 Å². The van der Waals surface area contributed by atoms with E-state index in [0.29, 0.717) is 12.1 Å². The van der Waals surface area contributed by atoms with Gasteiger partial charge in [0.2, 0.25) is 0 Å². The minimum atomic E-state index is 0.483. The summed E-state index contributed by atoms with van der Waals surface area (Å²) in [5.74, 6) is 0. The molecule has 2 fully saturated rings. The Labute approximate surface area is 150 Å². The minimum absolute atomic E-state index is 0.483. The third-order valence-electron chi connectivity index (χ3n) is 5.71. The number of rotatable bonds is 4. The first-order valence-electron chi connectivity index (χ1n) is 9.16. The molecule has 5 heteroatoms. The highest BCUT2D eigenvalue weighted by Crippen LogP contribution is 2.30. The number of nitrogens with zero attached hydrogens (tertiary/aromatic N) is 1. The summed E-state index contributed by atoms with van der Waals surface area (Å²) < 4.78 is 5.49. The Morgan fingerprint density at radius 3 is 2.42 bits per heavy atom. The largest absolute Gasteiger partial charge is 0.397 e. The molecule has 0 radical (unpaired) electrons. The SMILES string of the molecule is COC1CCC(N2CCC(Nc3cc(C)c(Cl)cc3N)CC2)CC1. The van der Waals surface area contributed by atoms with Crippen molar-refractivity contribution in [2.24, 2.45) is 0 Å². The van der Waals surface area contributed by atoms with E-state index in [2.05, 4.69) is 16.3 Å². The van der Waals surface area contributed by atoms with Crippen LogP contribution in [0.3, 0.4) is 0 Å². The van der Waals surface area contributed by atoms with Gasteiger partial charge in [0.05, 0.1) is 17.5 Å². The van der Waals surface area contributed by atoms with Gasteiger partial charge in [0, 0.05) is 37.3 Å². The molecule has 2 aliphatic rings. The molecule has 1 aliphatic heterocycles. The molecule has 1 aromatic carbocycles. The number of halogens is 1. The Hall–Kier alpha value is -0.970. The number of nitrogen functional groups attached to an aromatic ring is 1. The van der Waals surface area contributed by atoms with Crippen LogP contribution in [-0.4, -0.2) is 43.3 Å². The van der Waals surface area contributed by atoms with Crippen molar-refractivity contribution in [2.75, 3.05) is 31.2 Å². The maximum absolute atomic E-state index is 6.13. The second kappa shape index (κ2) is 7.94. The van der Waals surface area contributed by atoms with Crippen molar-refractivity contribution in [3.8, 4) is 0 Å². The number of nitrogens with one attached hydrogen (secondary N) is 1. The van der Waals surface area contributed by atoms with E-state index in [4.69, 9.17) is 22.1 Å². The van der Waals surface area contributed by atoms with Gasteiger partial charge in [-0.25, -0.2) is 0 Å². The first-order valence-corrected chi connectivity index (χ1v) is 9.53. The number of hydrogen-bond acceptors (Lipinski definition) is 4. The highest BCUT2D eigenvalue weighted by atomic mass is 35.5. The van der Waals surface area contributed by atoms with E-state index in [1.807, 2.05) is 20.1 Å². The number of anilines is 2. The molecule has 1 heterocycles. The molecule has 1 aromatic rings. The monoisotopic (exact) mass is 351 g/mol. The zero-order valence-electron chi connectivity index (χ0n) is 14.9. The fraction of sp³-hybridized carbons (Fsp3) is 0.684. The van der Waals surface area contributed by atoms with Crippen LogP contribution in [0.15, 0.2) is 12.1 Å². The summed E-state index contributed by atoms with van der Waals surface area (Å²) in [6, 6.07) is 5.17. The number of nitrogens with two attached hydrogens (primary N) is 1. The predicted molar refractivity (Wildman–Crippen MR) is 102 cm³/mol. The Morgan fingerprint density at radius 2 is 1.79 bits per heavy atom. The lowest BCUT2D eigenvalue weighted by Crippen LogP contribution is -2.46. The van der Waals surface area contributed by atoms with Gasteiger partial charge >= 0.3 is 0 Å². The molecule has 0 bridgehead atoms. The summed E-state index contributed by atoms with van der Waals surface area (Å²) in [4.78, 5) is 2.68. The molecule has 0 atom stereocenters. The summed E-state index contributed by atoms with van der Waals surface area (Å²) in [7, 11) is 1.84. The highest BCUT2D eigenvalue weighted by molar-refractivity contribution is 6.31. The van der Waals surface area contributed by atoms with Crippen molar-refractivity contribution in [3.63, 3.8) is 0 Å². The lowest BCUT2D eigenvalue weighted by Gasteiger charge is -2.41. The number of hydrogen-bond donors (Lipinski definition) is 2. The standard InChI is InChI=1S/C19H30ClN3O/c1-13-11-19(18(21)12-17(13)20)22-14-7-9-23(10-8-14)15-3-5-16(24-2)6-4-15/h11-12,14-16,22H,3-10,21H2,1-2H3. The van der Waals surface area contributed by atoms with Gasteiger partial charge in [-0.15, -0.1) is 0 Å². The highest BCUT2D eigenvalue weighted by Gasteiger charge is 2.29. The van der Waals surface area contributed by atoms with Crippen LogP contribution in [0.5, 0.6) is 0 Å². The molecule has 0 unspecified atom stereocenters. The molecule has 0 amide bonds. The van der Waals surface area contributed by atoms with Gasteiger partial charge in [-0.2, -0.15) is 0 Å². The Kier molecular flexibility index (Phi) is 5.90. The summed E-state index contributed by atoms with van der Waals surface area (Å²) in [5, 5.41) is 4.36. The van der Waals surface area contributed by atoms with Crippen LogP contribution in [0.4, 0.5) is 11.4 Å². The Balaban J connectivity index is 1.50. The predicted octanol–water partition coefficient (Wildman–Crippen LogP) is 4.06. The van der Waals surface area contributed by atoms with Gasteiger partial charge in [-0.3, -0.25) is 0 Å². The molecule has 3 rings (SSSR count). The number of aryl methyl sites for hydroxylation is 1. The van der Waals surface area contributed by atoms with Crippen LogP contribution in [0.25, 0.3) is 0 Å². The van der Waals surface area contributed by atoms with Crippen molar-refractivity contribution in [3.05, 3.63) is 22.7 Å². The van der Waals surface area contributed by atoms with Crippen molar-refractivity contribution >= 4 is 23.0 Å². The molecular weight excluding hydrogens is 322 g/mol. The molecular formula is C19H30ClN3O. The van der Waals surface area contributed by atoms with Crippen LogP contribution < -0.4 is 11.1 Å². The van der Waals surface area contributed by atoms with Crippen LogP contribution >= 0.6 is 11.6 Å². The third-order valence-corrected chi connectivity index (χ3v) is 6.12. The van der Waals surface area contributed by atoms with Crippen LogP contribution in [0.1, 0.15) is 44.1 Å². The van der Waals surface area contributed by atoms with E-state index in [9.17, 15) is 0 Å². The first kappa shape index (κ1) is 17.8. The average Bonchev–Trinajstić information content (AvgIpc) is 2.60. The second-order valence-electron chi connectivity index (χ2n) is 7.31. The maximum Gasteiger partial charge on any atom is 0.0579 e. The zero-order valence-corrected chi connectivity index (χ0v) is 15.6. The lowest BCUT2D eigenvalue weighted by molar-refractivity contribution is 0.0329. The minimum Gasteiger partial charge on any atom is -0.397 e. The van der Waals surface area contributed by atoms with Gasteiger partial charge in [-0.05, 0) is 63.1 Å². The average molecular weight is 352 g/mol. The zero-order chi connectivity index (χ0) is 17.1. The van der Waals surface area contributed by atoms with Crippen molar-refractivity contribution in [1.82, 2.24) is 4.90 Å². The summed E-state index contributed by atoms with van der Waals surface area (Å²) in [5.41, 5.74) is 8.94. The van der Waals surface area contributed by atoms with Crippen LogP contribution in [0.2, 0.25) is 5.02 Å². The van der Waals surface area contributed by atoms with Gasteiger partial charge < -0.3 is 20.7 Å². The van der Waals surface area contributed by atoms with E-state index < -0.39 is 0 Å². The van der Waals surface area contributed by atoms with E-state index in [0.717, 1.165) is 28.0 Å². The number of methoxy groups -OCH3 is 1. The van der Waals surface area contributed by atoms with Gasteiger partial charge in [0.15, 0.2) is 0 Å². The quantitative estimate of drug-likeness (QED) is 0.803. The molecule has 134 valence electrons. The number of likely N-dealkylation sites (tertiary alicyclic amines) is 1. The Morgan fingerprint density at radius 1 is 1.12 bits per heavy atom. The van der Waals surface area contributed by atoms with Gasteiger partial charge in [-0.1, -0.05) is 11.6 Å². The summed E-state index contributed by atoms with van der Waals surface area (Å²) in [6.45, 7) is 4.37. The molecule has 1 saturated carbocycles. The third kappa shape index (κ3) is 4.16. The number of benzene rings is 1. The number of ether oxygens (including phenoxy) is 1. The van der Waals surface area contributed by atoms with E-state index in [-0.39, 0.29) is 0 Å². The second-order valence-corrected chi connectivity index (χ2v) is 7.72. The van der Waals surface area contributed by atoms with Crippen LogP contribution in [0, 0.1) is 6.92 Å². The molecule has 3 N–H and O–H groups in total. The van der Waals surface area contributed by atoms with E-state index in [1.54, 1.807) is 0 Å². The van der Waals surface area contributed by atoms with Gasteiger partial charge in [0.1, 0.15) is 0 Å². The number of piperidine rings is 1. The molecule has 0 aromatic heterocycles. The van der Waals surface area contributed by atoms with Gasteiger partial charge in [0.25, 0.3) is 0 Å². The first-order chi connectivity index (χ1) is 11.6. The van der Waals surface area contributed by atoms with Crippen molar-refractivity contribution in [2.45, 2.75) is 63.6 Å². The maximum atomic E-state index is 6.13. The van der Waals surface area contributed by atoms with E-state index in [1.165, 1.54) is 51.6 Å². The topological polar surface area (TPSA) is 50.5 Å².